The van der Waals surface area contributed by atoms with Crippen molar-refractivity contribution < 1.29 is 30.4 Å². The number of benzene rings is 6. The van der Waals surface area contributed by atoms with E-state index in [0.717, 1.165) is 50.3 Å². The van der Waals surface area contributed by atoms with Crippen molar-refractivity contribution >= 4 is 21.8 Å². The van der Waals surface area contributed by atoms with Crippen LogP contribution in [0.3, 0.4) is 0 Å². The average Bonchev–Trinajstić information content (AvgIpc) is 3.88. The zero-order chi connectivity index (χ0) is 49.4. The first-order valence-corrected chi connectivity index (χ1v) is 24.3. The molecule has 9 rings (SSSR count). The summed E-state index contributed by atoms with van der Waals surface area (Å²) in [5.41, 5.74) is 12.9. The minimum atomic E-state index is -0.0792. The van der Waals surface area contributed by atoms with E-state index in [4.69, 9.17) is 14.8 Å². The van der Waals surface area contributed by atoms with Crippen LogP contribution < -0.4 is 9.30 Å². The molecular weight excluding hydrogens is 1040 g/mol. The summed E-state index contributed by atoms with van der Waals surface area (Å²) >= 11 is 0. The summed E-state index contributed by atoms with van der Waals surface area (Å²) in [5, 5.41) is 7.57. The molecule has 3 heterocycles. The van der Waals surface area contributed by atoms with Gasteiger partial charge in [0.2, 0.25) is 12.2 Å². The standard InChI is InChI=1S/C63H67N5O.Pt/c1-59(2,3)44-28-29-64-57(37-44)68-55-27-24-42(41-20-17-16-18-21-41)32-54(55)53-26-25-52(39-56(53)68)69-51-23-19-22-49(38-51)67-40-66(50-35-47(62(10,11)12)34-48(36-50)63(13,14)15)58(65-67)43-30-45(60(4,5)6)33-46(31-43)61(7,8)9;/h16-37H,1-15H3;/q-2;. The normalized spacial score (nSPS) is 12.7. The number of fused-ring (bicyclic) bond motifs is 3. The molecule has 0 spiro atoms. The van der Waals surface area contributed by atoms with Gasteiger partial charge in [0.1, 0.15) is 5.82 Å². The van der Waals surface area contributed by atoms with Gasteiger partial charge in [-0.25, -0.2) is 4.98 Å². The van der Waals surface area contributed by atoms with Gasteiger partial charge in [0, 0.05) is 55.5 Å². The van der Waals surface area contributed by atoms with Gasteiger partial charge in [-0.1, -0.05) is 188 Å². The van der Waals surface area contributed by atoms with E-state index in [0.29, 0.717) is 17.2 Å². The maximum absolute atomic E-state index is 6.72. The van der Waals surface area contributed by atoms with Crippen molar-refractivity contribution in [1.82, 2.24) is 19.3 Å². The fourth-order valence-electron chi connectivity index (χ4n) is 8.78. The van der Waals surface area contributed by atoms with E-state index in [9.17, 15) is 0 Å². The Morgan fingerprint density at radius 1 is 0.486 bits per heavy atom. The summed E-state index contributed by atoms with van der Waals surface area (Å²) in [7, 11) is 0. The number of pyridine rings is 1. The molecule has 0 amide bonds. The van der Waals surface area contributed by atoms with Crippen LogP contribution in [-0.2, 0) is 48.1 Å². The molecule has 0 aliphatic carbocycles. The molecule has 3 aromatic heterocycles. The SMILES string of the molecule is CC(C)(C)c1cc(-c2nn(-c3[c-]c(Oc4[c-]c5c(cc4)c4cc(-c6ccccc6)ccc4n5-c4cc(C(C)(C)C)ccn4)ccc3)[c-][n+]2-c2cc(C(C)(C)C)cc(C(C)(C)C)c2)cc(C(C)(C)C)c1.[Pt]. The Balaban J connectivity index is 0.00000659. The second-order valence-corrected chi connectivity index (χ2v) is 23.9. The van der Waals surface area contributed by atoms with E-state index in [1.54, 1.807) is 0 Å². The zero-order valence-electron chi connectivity index (χ0n) is 43.7. The number of nitrogens with zero attached hydrogens (tertiary/aromatic N) is 5. The Hall–Kier alpha value is -6.10. The Morgan fingerprint density at radius 2 is 1.07 bits per heavy atom. The third kappa shape index (κ3) is 10.2. The minimum Gasteiger partial charge on any atom is -0.510 e. The van der Waals surface area contributed by atoms with Crippen molar-refractivity contribution in [1.29, 1.82) is 0 Å². The van der Waals surface area contributed by atoms with Gasteiger partial charge in [-0.05, 0) is 100 Å². The zero-order valence-corrected chi connectivity index (χ0v) is 45.9. The molecule has 6 nitrogen and oxygen atoms in total. The molecule has 362 valence electrons. The average molecular weight is 1110 g/mol. The van der Waals surface area contributed by atoms with Crippen LogP contribution in [0.4, 0.5) is 0 Å². The van der Waals surface area contributed by atoms with E-state index in [-0.39, 0.29) is 48.1 Å². The molecule has 0 radical (unpaired) electrons. The summed E-state index contributed by atoms with van der Waals surface area (Å²) in [6, 6.07) is 52.7. The van der Waals surface area contributed by atoms with Crippen LogP contribution in [0.2, 0.25) is 0 Å². The van der Waals surface area contributed by atoms with E-state index in [1.165, 1.54) is 33.4 Å². The molecule has 0 fully saturated rings. The molecule has 0 atom stereocenters. The quantitative estimate of drug-likeness (QED) is 0.118. The molecular formula is C63H67N5OPt-2. The Morgan fingerprint density at radius 3 is 1.67 bits per heavy atom. The Kier molecular flexibility index (Phi) is 13.1. The third-order valence-corrected chi connectivity index (χ3v) is 13.2. The van der Waals surface area contributed by atoms with Crippen LogP contribution >= 0.6 is 0 Å². The van der Waals surface area contributed by atoms with Crippen molar-refractivity contribution in [3.05, 3.63) is 180 Å². The van der Waals surface area contributed by atoms with Gasteiger partial charge in [-0.15, -0.1) is 29.7 Å². The summed E-state index contributed by atoms with van der Waals surface area (Å²) in [5.74, 6) is 2.73. The van der Waals surface area contributed by atoms with Crippen LogP contribution in [0, 0.1) is 18.5 Å². The fourth-order valence-corrected chi connectivity index (χ4v) is 8.78. The predicted molar refractivity (Wildman–Crippen MR) is 285 cm³/mol. The maximum Gasteiger partial charge on any atom is 0.231 e. The first-order chi connectivity index (χ1) is 32.3. The molecule has 6 aromatic carbocycles. The summed E-state index contributed by atoms with van der Waals surface area (Å²) in [6.45, 7) is 34.0. The number of ether oxygens (including phenoxy) is 1. The smallest absolute Gasteiger partial charge is 0.231 e. The van der Waals surface area contributed by atoms with Crippen molar-refractivity contribution in [3.63, 3.8) is 0 Å². The van der Waals surface area contributed by atoms with Gasteiger partial charge in [0.15, 0.2) is 0 Å². The predicted octanol–water partition coefficient (Wildman–Crippen LogP) is 15.7. The first kappa shape index (κ1) is 50.3. The monoisotopic (exact) mass is 1100 g/mol. The minimum absolute atomic E-state index is 0. The van der Waals surface area contributed by atoms with Crippen molar-refractivity contribution in [2.24, 2.45) is 0 Å². The molecule has 9 aromatic rings. The molecule has 0 N–H and O–H groups in total. The van der Waals surface area contributed by atoms with Gasteiger partial charge in [0.25, 0.3) is 0 Å². The topological polar surface area (TPSA) is 48.8 Å². The molecule has 0 aliphatic heterocycles. The van der Waals surface area contributed by atoms with Gasteiger partial charge < -0.3 is 13.9 Å². The summed E-state index contributed by atoms with van der Waals surface area (Å²) in [4.78, 5) is 4.94. The number of rotatable bonds is 7. The van der Waals surface area contributed by atoms with Crippen LogP contribution in [0.25, 0.3) is 61.5 Å². The van der Waals surface area contributed by atoms with E-state index in [1.807, 2.05) is 35.1 Å². The van der Waals surface area contributed by atoms with Crippen molar-refractivity contribution in [2.45, 2.75) is 131 Å². The molecule has 0 unspecified atom stereocenters. The summed E-state index contributed by atoms with van der Waals surface area (Å²) < 4.78 is 12.9. The Bertz CT molecular complexity index is 3220. The molecule has 0 saturated carbocycles. The van der Waals surface area contributed by atoms with E-state index in [2.05, 4.69) is 235 Å². The van der Waals surface area contributed by atoms with Crippen LogP contribution in [0.1, 0.15) is 132 Å². The van der Waals surface area contributed by atoms with Crippen LogP contribution in [0.5, 0.6) is 11.5 Å². The number of hydrogen-bond acceptors (Lipinski definition) is 3. The van der Waals surface area contributed by atoms with Crippen LogP contribution in [-0.4, -0.2) is 19.3 Å². The second-order valence-electron chi connectivity index (χ2n) is 23.9. The first-order valence-electron chi connectivity index (χ1n) is 24.3. The van der Waals surface area contributed by atoms with Crippen LogP contribution in [0.15, 0.2) is 134 Å². The van der Waals surface area contributed by atoms with Gasteiger partial charge in [0.05, 0.1) is 0 Å². The molecule has 7 heteroatoms. The molecule has 70 heavy (non-hydrogen) atoms. The molecule has 0 bridgehead atoms. The number of hydrogen-bond donors (Lipinski definition) is 0. The maximum atomic E-state index is 6.72. The largest absolute Gasteiger partial charge is 0.510 e. The van der Waals surface area contributed by atoms with Crippen molar-refractivity contribution in [3.8, 4) is 51.2 Å². The van der Waals surface area contributed by atoms with Crippen molar-refractivity contribution in [2.75, 3.05) is 0 Å². The summed E-state index contributed by atoms with van der Waals surface area (Å²) in [6.07, 6.45) is 5.60. The Labute approximate surface area is 431 Å². The van der Waals surface area contributed by atoms with Gasteiger partial charge in [-0.3, -0.25) is 0 Å². The van der Waals surface area contributed by atoms with Gasteiger partial charge >= 0.3 is 0 Å². The third-order valence-electron chi connectivity index (χ3n) is 13.2. The second kappa shape index (κ2) is 18.3. The fraction of sp³-hybridized carbons (Fsp3) is 0.317. The molecule has 0 saturated heterocycles. The number of aromatic nitrogens is 5. The van der Waals surface area contributed by atoms with Gasteiger partial charge in [-0.2, -0.15) is 22.9 Å². The molecule has 0 aliphatic rings. The van der Waals surface area contributed by atoms with E-state index < -0.39 is 0 Å². The van der Waals surface area contributed by atoms with E-state index >= 15 is 0 Å².